The van der Waals surface area contributed by atoms with Gasteiger partial charge in [0.1, 0.15) is 0 Å². The van der Waals surface area contributed by atoms with Crippen molar-refractivity contribution >= 4 is 13.5 Å². The summed E-state index contributed by atoms with van der Waals surface area (Å²) in [6, 6.07) is 20.2. The average Bonchev–Trinajstić information content (AvgIpc) is 2.45. The van der Waals surface area contributed by atoms with E-state index in [0.29, 0.717) is 0 Å². The molecule has 0 saturated heterocycles. The Balaban J connectivity index is 1.71. The van der Waals surface area contributed by atoms with Gasteiger partial charge in [0.25, 0.3) is 0 Å². The van der Waals surface area contributed by atoms with Gasteiger partial charge in [0, 0.05) is 0 Å². The Morgan fingerprint density at radius 1 is 0.722 bits per heavy atom. The van der Waals surface area contributed by atoms with E-state index in [4.69, 9.17) is 5.12 Å². The van der Waals surface area contributed by atoms with Crippen molar-refractivity contribution < 1.29 is 60.2 Å². The van der Waals surface area contributed by atoms with Gasteiger partial charge in [-0.2, -0.15) is 0 Å². The Hall–Kier alpha value is 0.255. The fourth-order valence-electron chi connectivity index (χ4n) is 1.53. The first-order chi connectivity index (χ1) is 8.84. The Bertz CT molecular complexity index is 412. The van der Waals surface area contributed by atoms with Crippen LogP contribution in [0.15, 0.2) is 60.7 Å². The summed E-state index contributed by atoms with van der Waals surface area (Å²) in [6.07, 6.45) is 0. The molecule has 0 saturated carbocycles. The number of rotatable bonds is 6. The second kappa shape index (κ2) is 8.43. The minimum atomic E-state index is -1.66. The van der Waals surface area contributed by atoms with Crippen molar-refractivity contribution in [3.63, 3.8) is 0 Å². The first kappa shape index (κ1) is 14.7. The second-order valence-electron chi connectivity index (χ2n) is 3.90. The molecule has 0 amide bonds. The predicted molar refractivity (Wildman–Crippen MR) is 62.3 cm³/mol. The summed E-state index contributed by atoms with van der Waals surface area (Å²) in [5.74, 6) is 0. The van der Waals surface area contributed by atoms with Gasteiger partial charge in [0.05, 0.1) is 0 Å². The first-order valence-corrected chi connectivity index (χ1v) is 15.8. The van der Waals surface area contributed by atoms with E-state index in [9.17, 15) is 5.02 Å². The fourth-order valence-corrected chi connectivity index (χ4v) is 11.4. The van der Waals surface area contributed by atoms with Crippen molar-refractivity contribution in [1.82, 2.24) is 0 Å². The normalized spacial score (nSPS) is 9.39. The molecule has 84 valence electrons. The van der Waals surface area contributed by atoms with E-state index in [1.165, 1.54) is 6.14 Å². The maximum atomic E-state index is 9.64. The van der Waals surface area contributed by atoms with E-state index in [1.807, 2.05) is 36.4 Å². The van der Waals surface area contributed by atoms with Crippen LogP contribution in [0.1, 0.15) is 0 Å². The molecule has 2 aromatic carbocycles. The van der Waals surface area contributed by atoms with Crippen LogP contribution in [0.4, 0.5) is 0 Å². The SMILES string of the molecule is OB([O][Hg][c]1ccccc1)[O][Hg][c]1ccccc1. The molecule has 0 heterocycles. The van der Waals surface area contributed by atoms with Crippen molar-refractivity contribution in [3.8, 4) is 0 Å². The van der Waals surface area contributed by atoms with Crippen LogP contribution in [0, 0.1) is 0 Å². The number of hydrogen-bond donors (Lipinski definition) is 1. The zero-order valence-electron chi connectivity index (χ0n) is 10.0. The molecular weight excluding hydrogens is 604 g/mol. The summed E-state index contributed by atoms with van der Waals surface area (Å²) in [5, 5.41) is 9.64. The predicted octanol–water partition coefficient (Wildman–Crippen LogP) is 0.643. The summed E-state index contributed by atoms with van der Waals surface area (Å²) in [4.78, 5) is 0. The van der Waals surface area contributed by atoms with Crippen LogP contribution in [0.3, 0.4) is 0 Å². The zero-order valence-corrected chi connectivity index (χ0v) is 21.0. The monoisotopic (exact) mass is 618 g/mol. The van der Waals surface area contributed by atoms with Gasteiger partial charge >= 0.3 is 134 Å². The van der Waals surface area contributed by atoms with Crippen molar-refractivity contribution in [3.05, 3.63) is 60.7 Å². The van der Waals surface area contributed by atoms with Crippen LogP contribution >= 0.6 is 0 Å². The summed E-state index contributed by atoms with van der Waals surface area (Å²) in [5.41, 5.74) is 0. The molecule has 0 bridgehead atoms. The fraction of sp³-hybridized carbons (Fsp3) is 0. The van der Waals surface area contributed by atoms with Crippen LogP contribution < -0.4 is 6.14 Å². The molecule has 0 aromatic heterocycles. The van der Waals surface area contributed by atoms with Crippen LogP contribution in [0.5, 0.6) is 0 Å². The molecule has 1 N–H and O–H groups in total. The molecular formula is C12H11BHg2O3. The molecule has 6 heteroatoms. The topological polar surface area (TPSA) is 38.7 Å². The Morgan fingerprint density at radius 2 is 1.11 bits per heavy atom. The first-order valence-electron chi connectivity index (χ1n) is 5.84. The van der Waals surface area contributed by atoms with Crippen LogP contribution in [-0.4, -0.2) is 12.3 Å². The van der Waals surface area contributed by atoms with Gasteiger partial charge in [0.15, 0.2) is 0 Å². The molecule has 0 aliphatic rings. The quantitative estimate of drug-likeness (QED) is 0.486. The molecule has 2 aromatic rings. The molecule has 0 unspecified atom stereocenters. The molecule has 0 aliphatic heterocycles. The summed E-state index contributed by atoms with van der Waals surface area (Å²) in [6.45, 7) is 0. The summed E-state index contributed by atoms with van der Waals surface area (Å²) >= 11 is -3.31. The molecule has 2 rings (SSSR count). The van der Waals surface area contributed by atoms with Gasteiger partial charge in [-0.05, 0) is 0 Å². The van der Waals surface area contributed by atoms with Gasteiger partial charge in [-0.1, -0.05) is 0 Å². The van der Waals surface area contributed by atoms with Crippen molar-refractivity contribution in [2.75, 3.05) is 0 Å². The third kappa shape index (κ3) is 5.49. The van der Waals surface area contributed by atoms with Gasteiger partial charge in [-0.3, -0.25) is 0 Å². The van der Waals surface area contributed by atoms with E-state index in [2.05, 4.69) is 24.3 Å². The molecule has 0 aliphatic carbocycles. The zero-order chi connectivity index (χ0) is 12.6. The summed E-state index contributed by atoms with van der Waals surface area (Å²) in [7, 11) is -1.01. The maximum absolute atomic E-state index is 9.64. The Kier molecular flexibility index (Phi) is 6.87. The van der Waals surface area contributed by atoms with Crippen LogP contribution in [-0.2, 0) is 55.2 Å². The molecule has 18 heavy (non-hydrogen) atoms. The standard InChI is InChI=1S/2C6H5.BHO3.2Hg/c2*1-2-4-6-5-3-1;2-1(3)4;;/h2*1-5H;2H;;/q;;-2;2*+1. The van der Waals surface area contributed by atoms with Gasteiger partial charge in [-0.25, -0.2) is 0 Å². The average molecular weight is 615 g/mol. The second-order valence-corrected chi connectivity index (χ2v) is 15.1. The summed E-state index contributed by atoms with van der Waals surface area (Å²) < 4.78 is 13.4. The molecule has 0 radical (unpaired) electrons. The van der Waals surface area contributed by atoms with E-state index in [-0.39, 0.29) is 0 Å². The number of benzene rings is 2. The molecule has 0 fully saturated rings. The van der Waals surface area contributed by atoms with E-state index < -0.39 is 57.4 Å². The van der Waals surface area contributed by atoms with Crippen LogP contribution in [0.2, 0.25) is 0 Å². The van der Waals surface area contributed by atoms with Crippen molar-refractivity contribution in [1.29, 1.82) is 0 Å². The van der Waals surface area contributed by atoms with E-state index >= 15 is 0 Å². The minimum absolute atomic E-state index is 1.01. The van der Waals surface area contributed by atoms with Gasteiger partial charge in [0.2, 0.25) is 0 Å². The van der Waals surface area contributed by atoms with Crippen LogP contribution in [0.25, 0.3) is 0 Å². The third-order valence-electron chi connectivity index (χ3n) is 2.47. The number of hydrogen-bond acceptors (Lipinski definition) is 3. The Labute approximate surface area is 133 Å². The molecule has 0 spiro atoms. The van der Waals surface area contributed by atoms with Crippen molar-refractivity contribution in [2.24, 2.45) is 0 Å². The van der Waals surface area contributed by atoms with E-state index in [0.717, 1.165) is 0 Å². The van der Waals surface area contributed by atoms with E-state index in [1.54, 1.807) is 0 Å². The molecule has 0 atom stereocenters. The molecule has 3 nitrogen and oxygen atoms in total. The Morgan fingerprint density at radius 3 is 1.50 bits per heavy atom. The van der Waals surface area contributed by atoms with Crippen molar-refractivity contribution in [2.45, 2.75) is 0 Å². The third-order valence-corrected chi connectivity index (χ3v) is 12.2. The van der Waals surface area contributed by atoms with Gasteiger partial charge < -0.3 is 0 Å². The van der Waals surface area contributed by atoms with Gasteiger partial charge in [-0.15, -0.1) is 0 Å².